The Balaban J connectivity index is 0.00000448. The van der Waals surface area contributed by atoms with E-state index in [1.165, 1.54) is 42.7 Å². The van der Waals surface area contributed by atoms with Crippen LogP contribution in [0.2, 0.25) is 10.0 Å². The maximum atomic E-state index is 13.2. The predicted molar refractivity (Wildman–Crippen MR) is 330 cm³/mol. The van der Waals surface area contributed by atoms with Crippen molar-refractivity contribution in [2.75, 3.05) is 58.1 Å². The molecule has 4 aromatic heterocycles. The zero-order valence-electron chi connectivity index (χ0n) is 51.8. The van der Waals surface area contributed by atoms with Gasteiger partial charge >= 0.3 is 136 Å². The first-order valence-corrected chi connectivity index (χ1v) is 36.2. The number of hydrogen-bond acceptors (Lipinski definition) is 36. The topological polar surface area (TPSA) is 623 Å². The van der Waals surface area contributed by atoms with E-state index >= 15 is 0 Å². The number of hydrogen-bond donors (Lipinski definition) is 8. The number of aromatic carboxylic acids is 2. The van der Waals surface area contributed by atoms with E-state index in [4.69, 9.17) is 32.4 Å². The molecule has 4 aromatic carbocycles. The zero-order chi connectivity index (χ0) is 72.3. The molecule has 2 aliphatic heterocycles. The van der Waals surface area contributed by atoms with E-state index in [2.05, 4.69) is 71.8 Å². The van der Waals surface area contributed by atoms with Crippen LogP contribution in [0, 0.1) is 0 Å². The van der Waals surface area contributed by atoms with Gasteiger partial charge in [0.05, 0.1) is 90.1 Å². The quantitative estimate of drug-likeness (QED) is 0.00970. The van der Waals surface area contributed by atoms with Crippen LogP contribution in [0.15, 0.2) is 148 Å². The smallest absolute Gasteiger partial charge is 0.744 e. The van der Waals surface area contributed by atoms with Crippen molar-refractivity contribution < 1.29 is 205 Å². The normalized spacial score (nSPS) is 12.4. The minimum Gasteiger partial charge on any atom is -0.744 e. The summed E-state index contributed by atoms with van der Waals surface area (Å²) >= 11 is 13.7. The summed E-state index contributed by atoms with van der Waals surface area (Å²) in [6.45, 7) is -1.41. The van der Waals surface area contributed by atoms with Gasteiger partial charge in [0.25, 0.3) is 0 Å². The summed E-state index contributed by atoms with van der Waals surface area (Å²) in [6, 6.07) is 12.8. The van der Waals surface area contributed by atoms with E-state index in [1.807, 2.05) is 0 Å². The van der Waals surface area contributed by atoms with Crippen molar-refractivity contribution in [1.82, 2.24) is 34.9 Å². The molecule has 0 saturated carbocycles. The molecule has 0 saturated heterocycles. The number of halogens is 2. The molecule has 40 nitrogen and oxygen atoms in total. The Morgan fingerprint density at radius 3 is 1.49 bits per heavy atom. The molecule has 0 radical (unpaired) electrons. The number of nitrogens with one attached hydrogen (secondary N) is 6. The second-order valence-corrected chi connectivity index (χ2v) is 29.0. The molecule has 0 spiro atoms. The van der Waals surface area contributed by atoms with Crippen molar-refractivity contribution in [3.05, 3.63) is 136 Å². The summed E-state index contributed by atoms with van der Waals surface area (Å²) in [5.41, 5.74) is -4.22. The zero-order valence-corrected chi connectivity index (χ0v) is 64.2. The maximum Gasteiger partial charge on any atom is 1.00 e. The number of fused-ring (bicyclic) bond motifs is 4. The van der Waals surface area contributed by atoms with Gasteiger partial charge in [-0.3, -0.25) is 4.99 Å². The molecule has 1 aliphatic carbocycles. The molecule has 11 rings (SSSR count). The number of aromatic nitrogens is 9. The third-order valence-corrected chi connectivity index (χ3v) is 19.5. The summed E-state index contributed by atoms with van der Waals surface area (Å²) in [7, 11) is -32.4. The molecule has 51 heteroatoms. The van der Waals surface area contributed by atoms with E-state index in [0.29, 0.717) is 36.4 Å². The minimum absolute atomic E-state index is 0. The Labute approximate surface area is 655 Å². The molecular weight excluding hydrogens is 1560 g/mol. The van der Waals surface area contributed by atoms with Gasteiger partial charge in [-0.1, -0.05) is 23.2 Å². The third kappa shape index (κ3) is 18.2. The van der Waals surface area contributed by atoms with E-state index < -0.39 is 188 Å². The first kappa shape index (κ1) is 81.1. The fraction of sp³-hybridized carbons (Fsp3) is 0.0769. The molecule has 520 valence electrons. The van der Waals surface area contributed by atoms with E-state index in [0.717, 1.165) is 39.7 Å². The number of benzene rings is 5. The van der Waals surface area contributed by atoms with Crippen LogP contribution in [0.1, 0.15) is 20.7 Å². The van der Waals surface area contributed by atoms with Crippen LogP contribution >= 0.6 is 23.2 Å². The van der Waals surface area contributed by atoms with Crippen molar-refractivity contribution in [2.24, 2.45) is 4.99 Å². The molecule has 6 heterocycles. The summed E-state index contributed by atoms with van der Waals surface area (Å²) in [4.78, 5) is 51.0. The van der Waals surface area contributed by atoms with Gasteiger partial charge in [-0.15, -0.1) is 9.97 Å². The standard InChI is InChI=1S/C52H38Cl2N16O24S6.3Na/c53-35-38-42(94-40-28(60-38)8-10-30(44(40)100(90,91)92)56-14-16-58-48-64-50(68-52(66-48)70-18-2-4-24(22-70)46(73)74)62-32-20-26(96(78,79)80)6-12-34(32)98(84,85)86)36(54)37-41(35)93-39-27(59-37)7-9-29(43(39)99(87,88)89)55-13-15-57-47-63-49(67-51(65-47)69-17-1-3-23(21-69)45(71)72)61-31-19-25(95(75,76)77)5-11-33(31)97(81,82)83;;;/h1-12,17-22H,13-16H2,(H12-2,55,56,57,58,59,60,61,62,63,64,65,66,67,68,71,72,73,74,75,76,77,78,79,80,81,82,83,84,85,86,87,88,89,90,91,92);;;/q;3*+1/p-4. The van der Waals surface area contributed by atoms with Gasteiger partial charge in [0.1, 0.15) is 97.4 Å². The van der Waals surface area contributed by atoms with Gasteiger partial charge < -0.3 is 78.6 Å². The number of pyridine rings is 2. The monoisotopic (exact) mass is 1600 g/mol. The van der Waals surface area contributed by atoms with Crippen LogP contribution in [0.3, 0.4) is 0 Å². The van der Waals surface area contributed by atoms with Gasteiger partial charge in [0.15, 0.2) is 22.8 Å². The van der Waals surface area contributed by atoms with Gasteiger partial charge in [-0.25, -0.2) is 74.2 Å². The van der Waals surface area contributed by atoms with Crippen LogP contribution < -0.4 is 140 Å². The third-order valence-electron chi connectivity index (χ3n) is 13.6. The molecule has 8 aromatic rings. The minimum atomic E-state index is -5.59. The van der Waals surface area contributed by atoms with E-state index in [9.17, 15) is 97.6 Å². The first-order chi connectivity index (χ1) is 46.8. The fourth-order valence-electron chi connectivity index (χ4n) is 9.34. The van der Waals surface area contributed by atoms with Gasteiger partial charge in [-0.2, -0.15) is 0 Å². The Hall–Kier alpha value is -7.60. The Bertz CT molecular complexity index is 5950. The van der Waals surface area contributed by atoms with Crippen molar-refractivity contribution in [3.8, 4) is 34.8 Å². The Morgan fingerprint density at radius 1 is 0.524 bits per heavy atom. The van der Waals surface area contributed by atoms with Crippen molar-refractivity contribution in [1.29, 1.82) is 0 Å². The Morgan fingerprint density at radius 2 is 1.01 bits per heavy atom. The molecule has 103 heavy (non-hydrogen) atoms. The number of carboxylic acids is 2. The molecule has 8 N–H and O–H groups in total. The van der Waals surface area contributed by atoms with Crippen LogP contribution in [-0.4, -0.2) is 161 Å². The van der Waals surface area contributed by atoms with Crippen molar-refractivity contribution in [2.45, 2.75) is 29.4 Å². The number of nitrogens with zero attached hydrogens (tertiary/aromatic N) is 10. The maximum absolute atomic E-state index is 13.2. The molecule has 0 amide bonds. The van der Waals surface area contributed by atoms with Crippen molar-refractivity contribution >= 4 is 159 Å². The predicted octanol–water partition coefficient (Wildman–Crippen LogP) is -7.13. The number of ether oxygens (including phenoxy) is 1. The van der Waals surface area contributed by atoms with E-state index in [-0.39, 0.29) is 154 Å². The second kappa shape index (κ2) is 31.2. The number of carbonyl (C=O) groups is 2. The van der Waals surface area contributed by atoms with Gasteiger partial charge in [-0.05, 0) is 105 Å². The van der Waals surface area contributed by atoms with Crippen LogP contribution in [-0.2, 0) is 60.7 Å². The summed E-state index contributed by atoms with van der Waals surface area (Å²) in [5.74, 6) is -7.40. The van der Waals surface area contributed by atoms with Gasteiger partial charge in [0.2, 0.25) is 0 Å². The number of carboxylic acid groups (broad SMARTS) is 2. The summed E-state index contributed by atoms with van der Waals surface area (Å²) < 4.78 is 237. The van der Waals surface area contributed by atoms with Crippen LogP contribution in [0.25, 0.3) is 34.5 Å². The number of rotatable bonds is 23. The fourth-order valence-corrected chi connectivity index (χ4v) is 13.6. The average molecular weight is 1600 g/mol. The molecular formula is C52H34Cl2N16Na3O24S6-. The Kier molecular flexibility index (Phi) is 24.6. The average Bonchev–Trinajstić information content (AvgIpc) is 0.724. The van der Waals surface area contributed by atoms with Crippen LogP contribution in [0.4, 0.5) is 52.2 Å². The molecule has 0 unspecified atom stereocenters. The number of anilines is 9. The van der Waals surface area contributed by atoms with Crippen LogP contribution in [0.5, 0.6) is 11.5 Å². The molecule has 0 bridgehead atoms. The largest absolute Gasteiger partial charge is 1.00 e. The van der Waals surface area contributed by atoms with Gasteiger partial charge in [0, 0.05) is 19.6 Å². The molecule has 3 aliphatic rings. The molecule has 0 atom stereocenters. The summed E-state index contributed by atoms with van der Waals surface area (Å²) in [6.07, 6.45) is 4.69. The first-order valence-electron chi connectivity index (χ1n) is 27.0. The van der Waals surface area contributed by atoms with Crippen molar-refractivity contribution in [3.63, 3.8) is 0 Å². The van der Waals surface area contributed by atoms with E-state index in [1.54, 1.807) is 0 Å². The SMILES string of the molecule is O=C(O)c1ccc[n+](-c2nc(NCCN=c3ccc4nc5c(Cl)c6c(c(Cl)c5oc-4c3S(=O)(=O)[O-])Nc3ccc(NCCNc4nc(Nc5cc(S(=O)(=O)[O-])ccc5S(=O)(=O)[O-])nc(-[n+]5cccc(C(=O)O)c5)n4)c(S(=O)(=O)[O-])c3O6)nc(Nc3cc(S(=O)(=O)[O-])ccc3S(=O)(=O)[O-])n2)c1.[Na+].[Na+].[Na+]. The molecule has 0 fully saturated rings. The summed E-state index contributed by atoms with van der Waals surface area (Å²) in [5, 5.41) is 33.5. The second-order valence-electron chi connectivity index (χ2n) is 20.2.